The molecule has 1 heterocycles. The average molecular weight is 118 g/mol. The van der Waals surface area contributed by atoms with Gasteiger partial charge in [0.15, 0.2) is 0 Å². The van der Waals surface area contributed by atoms with Crippen molar-refractivity contribution in [3.63, 3.8) is 0 Å². The maximum Gasteiger partial charge on any atom is 0.0510 e. The Balaban J connectivity index is 2.51. The molecule has 0 amide bonds. The van der Waals surface area contributed by atoms with Crippen molar-refractivity contribution in [3.05, 3.63) is 36.6 Å². The van der Waals surface area contributed by atoms with Crippen molar-refractivity contribution < 1.29 is 1.37 Å². The summed E-state index contributed by atoms with van der Waals surface area (Å²) in [5.41, 5.74) is 0.815. The first-order valence-corrected chi connectivity index (χ1v) is 2.93. The molecule has 0 bridgehead atoms. The Labute approximate surface area is 55.5 Å². The maximum absolute atomic E-state index is 7.78. The van der Waals surface area contributed by atoms with Crippen LogP contribution in [0.25, 0.3) is 0 Å². The number of nitrogens with zero attached hydrogens (tertiary/aromatic N) is 1. The van der Waals surface area contributed by atoms with E-state index in [0.717, 1.165) is 5.71 Å². The van der Waals surface area contributed by atoms with E-state index in [1.807, 2.05) is 24.3 Å². The average Bonchev–Trinajstić information content (AvgIpc) is 2.29. The number of rotatable bonds is 0. The largest absolute Gasteiger partial charge is 0.261 e. The van der Waals surface area contributed by atoms with Crippen LogP contribution in [-0.2, 0) is 0 Å². The molecule has 1 unspecified atom stereocenters. The van der Waals surface area contributed by atoms with E-state index >= 15 is 0 Å². The Hall–Kier alpha value is -1.11. The smallest absolute Gasteiger partial charge is 0.0510 e. The summed E-state index contributed by atoms with van der Waals surface area (Å²) in [5, 5.41) is 0. The van der Waals surface area contributed by atoms with Crippen molar-refractivity contribution in [2.75, 3.05) is 0 Å². The van der Waals surface area contributed by atoms with Crippen LogP contribution in [0.2, 0.25) is 0 Å². The molecule has 1 heteroatoms. The molecule has 0 spiro atoms. The standard InChI is InChI=1S/C8H7N/c1-2-4-8-7(3-1)5-6-9-8/h1-7H/i7D. The molecule has 1 atom stereocenters. The van der Waals surface area contributed by atoms with E-state index in [9.17, 15) is 0 Å². The van der Waals surface area contributed by atoms with Gasteiger partial charge < -0.3 is 0 Å². The SMILES string of the molecule is [2H]C12C=CC=CC1=NC=C2. The fraction of sp³-hybridized carbons (Fsp3) is 0.125. The second-order valence-electron chi connectivity index (χ2n) is 2.00. The lowest BCUT2D eigenvalue weighted by molar-refractivity contribution is 1.16. The molecule has 0 aromatic rings. The molecule has 1 aliphatic heterocycles. The van der Waals surface area contributed by atoms with Crippen LogP contribution in [0.15, 0.2) is 41.6 Å². The lowest BCUT2D eigenvalue weighted by Gasteiger charge is -2.04. The van der Waals surface area contributed by atoms with Crippen molar-refractivity contribution in [2.45, 2.75) is 0 Å². The van der Waals surface area contributed by atoms with Gasteiger partial charge >= 0.3 is 0 Å². The van der Waals surface area contributed by atoms with Crippen LogP contribution in [0.5, 0.6) is 0 Å². The molecule has 1 nitrogen and oxygen atoms in total. The summed E-state index contributed by atoms with van der Waals surface area (Å²) in [6, 6.07) is 0. The molecule has 0 aromatic heterocycles. The lowest BCUT2D eigenvalue weighted by Crippen LogP contribution is -2.04. The van der Waals surface area contributed by atoms with Gasteiger partial charge in [0.2, 0.25) is 0 Å². The first-order valence-electron chi connectivity index (χ1n) is 3.43. The Morgan fingerprint density at radius 2 is 2.44 bits per heavy atom. The first-order chi connectivity index (χ1) is 4.81. The van der Waals surface area contributed by atoms with Crippen LogP contribution < -0.4 is 0 Å². The second-order valence-corrected chi connectivity index (χ2v) is 2.00. The van der Waals surface area contributed by atoms with Crippen LogP contribution in [0.1, 0.15) is 1.37 Å². The predicted octanol–water partition coefficient (Wildman–Crippen LogP) is 1.70. The summed E-state index contributed by atoms with van der Waals surface area (Å²) in [6.45, 7) is 0. The Kier molecular flexibility index (Phi) is 0.719. The van der Waals surface area contributed by atoms with Gasteiger partial charge in [-0.25, -0.2) is 0 Å². The zero-order valence-electron chi connectivity index (χ0n) is 5.91. The van der Waals surface area contributed by atoms with Gasteiger partial charge in [-0.2, -0.15) is 0 Å². The van der Waals surface area contributed by atoms with E-state index in [4.69, 9.17) is 1.37 Å². The Morgan fingerprint density at radius 1 is 1.44 bits per heavy atom. The first kappa shape index (κ1) is 3.83. The van der Waals surface area contributed by atoms with E-state index in [1.54, 1.807) is 12.3 Å². The molecule has 0 aromatic carbocycles. The second kappa shape index (κ2) is 1.69. The molecule has 44 valence electrons. The fourth-order valence-electron chi connectivity index (χ4n) is 0.944. The molecule has 0 saturated heterocycles. The van der Waals surface area contributed by atoms with Crippen molar-refractivity contribution >= 4 is 5.71 Å². The van der Waals surface area contributed by atoms with Crippen LogP contribution in [0.3, 0.4) is 0 Å². The quantitative estimate of drug-likeness (QED) is 0.459. The molecule has 0 saturated carbocycles. The fourth-order valence-corrected chi connectivity index (χ4v) is 0.944. The van der Waals surface area contributed by atoms with Gasteiger partial charge in [-0.1, -0.05) is 24.3 Å². The van der Waals surface area contributed by atoms with E-state index in [0.29, 0.717) is 0 Å². The number of hydrogen-bond donors (Lipinski definition) is 0. The van der Waals surface area contributed by atoms with Crippen LogP contribution in [-0.4, -0.2) is 5.71 Å². The third kappa shape index (κ3) is 0.653. The minimum atomic E-state index is -0.658. The zero-order valence-corrected chi connectivity index (χ0v) is 4.91. The Morgan fingerprint density at radius 3 is 3.33 bits per heavy atom. The van der Waals surface area contributed by atoms with Gasteiger partial charge in [-0.15, -0.1) is 0 Å². The van der Waals surface area contributed by atoms with Gasteiger partial charge in [0.1, 0.15) is 0 Å². The molecule has 0 radical (unpaired) electrons. The number of aliphatic imine (C=N–C) groups is 1. The summed E-state index contributed by atoms with van der Waals surface area (Å²) in [5.74, 6) is -0.658. The third-order valence-corrected chi connectivity index (χ3v) is 1.40. The minimum absolute atomic E-state index is 0.658. The predicted molar refractivity (Wildman–Crippen MR) is 38.3 cm³/mol. The minimum Gasteiger partial charge on any atom is -0.261 e. The van der Waals surface area contributed by atoms with Crippen LogP contribution >= 0.6 is 0 Å². The van der Waals surface area contributed by atoms with E-state index in [1.165, 1.54) is 0 Å². The van der Waals surface area contributed by atoms with E-state index in [-0.39, 0.29) is 0 Å². The third-order valence-electron chi connectivity index (χ3n) is 1.40. The number of fused-ring (bicyclic) bond motifs is 1. The van der Waals surface area contributed by atoms with Gasteiger partial charge in [0.25, 0.3) is 0 Å². The van der Waals surface area contributed by atoms with E-state index < -0.39 is 5.89 Å². The van der Waals surface area contributed by atoms with E-state index in [2.05, 4.69) is 4.99 Å². The van der Waals surface area contributed by atoms with Crippen molar-refractivity contribution in [2.24, 2.45) is 10.9 Å². The summed E-state index contributed by atoms with van der Waals surface area (Å²) in [6.07, 6.45) is 10.9. The molecule has 9 heavy (non-hydrogen) atoms. The monoisotopic (exact) mass is 118 g/mol. The van der Waals surface area contributed by atoms with Crippen molar-refractivity contribution in [3.8, 4) is 0 Å². The molecule has 2 aliphatic rings. The zero-order chi connectivity index (χ0) is 7.03. The molecule has 1 aliphatic carbocycles. The van der Waals surface area contributed by atoms with Gasteiger partial charge in [-0.3, -0.25) is 4.99 Å². The van der Waals surface area contributed by atoms with Crippen LogP contribution in [0, 0.1) is 5.89 Å². The highest BCUT2D eigenvalue weighted by Crippen LogP contribution is 2.15. The highest BCUT2D eigenvalue weighted by molar-refractivity contribution is 6.02. The molecule has 0 N–H and O–H groups in total. The molecule has 0 fully saturated rings. The Bertz CT molecular complexity index is 273. The topological polar surface area (TPSA) is 12.4 Å². The van der Waals surface area contributed by atoms with Crippen molar-refractivity contribution in [1.29, 1.82) is 0 Å². The highest BCUT2D eigenvalue weighted by atomic mass is 14.7. The summed E-state index contributed by atoms with van der Waals surface area (Å²) >= 11 is 0. The van der Waals surface area contributed by atoms with Gasteiger partial charge in [0.05, 0.1) is 5.71 Å². The van der Waals surface area contributed by atoms with Gasteiger partial charge in [-0.05, 0) is 6.08 Å². The highest BCUT2D eigenvalue weighted by Gasteiger charge is 2.11. The molecule has 2 rings (SSSR count). The summed E-state index contributed by atoms with van der Waals surface area (Å²) < 4.78 is 7.78. The maximum atomic E-state index is 7.78. The molecular weight excluding hydrogens is 110 g/mol. The summed E-state index contributed by atoms with van der Waals surface area (Å²) in [4.78, 5) is 4.04. The lowest BCUT2D eigenvalue weighted by atomic mass is 10.0. The number of allylic oxidation sites excluding steroid dienone is 5. The summed E-state index contributed by atoms with van der Waals surface area (Å²) in [7, 11) is 0. The number of hydrogen-bond acceptors (Lipinski definition) is 1. The normalized spacial score (nSPS) is 38.2. The molecular formula is C8H7N. The van der Waals surface area contributed by atoms with Crippen molar-refractivity contribution in [1.82, 2.24) is 0 Å². The van der Waals surface area contributed by atoms with Gasteiger partial charge in [0, 0.05) is 13.5 Å². The van der Waals surface area contributed by atoms with Crippen LogP contribution in [0.4, 0.5) is 0 Å².